The van der Waals surface area contributed by atoms with Crippen molar-refractivity contribution in [3.8, 4) is 45.7 Å². The predicted molar refractivity (Wildman–Crippen MR) is 120 cm³/mol. The zero-order valence-corrected chi connectivity index (χ0v) is 17.3. The molecule has 0 spiro atoms. The number of benzene rings is 3. The van der Waals surface area contributed by atoms with Crippen LogP contribution in [0, 0.1) is 0 Å². The van der Waals surface area contributed by atoms with Crippen LogP contribution in [-0.2, 0) is 4.79 Å². The largest absolute Gasteiger partial charge is 0.507 e. The van der Waals surface area contributed by atoms with Crippen molar-refractivity contribution in [2.24, 2.45) is 0 Å². The van der Waals surface area contributed by atoms with Crippen molar-refractivity contribution in [2.45, 2.75) is 19.4 Å². The van der Waals surface area contributed by atoms with Crippen LogP contribution in [0.5, 0.6) is 11.5 Å². The van der Waals surface area contributed by atoms with Gasteiger partial charge in [0.05, 0.1) is 5.56 Å². The van der Waals surface area contributed by atoms with Crippen LogP contribution in [0.1, 0.15) is 13.3 Å². The second-order valence-electron chi connectivity index (χ2n) is 7.07. The molecule has 0 aliphatic carbocycles. The van der Waals surface area contributed by atoms with Crippen LogP contribution >= 0.6 is 0 Å². The fourth-order valence-corrected chi connectivity index (χ4v) is 3.18. The molecule has 2 N–H and O–H groups in total. The Morgan fingerprint density at radius 1 is 0.844 bits per heavy atom. The average molecular weight is 427 g/mol. The molecule has 7 nitrogen and oxygen atoms in total. The summed E-state index contributed by atoms with van der Waals surface area (Å²) >= 11 is 0. The fraction of sp³-hybridized carbons (Fsp3) is 0.120. The van der Waals surface area contributed by atoms with E-state index in [2.05, 4.69) is 15.0 Å². The van der Waals surface area contributed by atoms with Crippen LogP contribution < -0.4 is 4.74 Å². The molecule has 0 aliphatic heterocycles. The maximum Gasteiger partial charge on any atom is 0.344 e. The second-order valence-corrected chi connectivity index (χ2v) is 7.07. The van der Waals surface area contributed by atoms with Crippen molar-refractivity contribution >= 4 is 5.97 Å². The van der Waals surface area contributed by atoms with Gasteiger partial charge in [0, 0.05) is 17.2 Å². The number of carboxylic acids is 1. The Kier molecular flexibility index (Phi) is 6.07. The molecule has 0 saturated heterocycles. The molecule has 1 unspecified atom stereocenters. The van der Waals surface area contributed by atoms with Crippen molar-refractivity contribution in [3.05, 3.63) is 78.9 Å². The maximum absolute atomic E-state index is 11.2. The van der Waals surface area contributed by atoms with Crippen molar-refractivity contribution in [1.82, 2.24) is 15.0 Å². The Morgan fingerprint density at radius 2 is 1.38 bits per heavy atom. The van der Waals surface area contributed by atoms with Gasteiger partial charge in [0.2, 0.25) is 0 Å². The van der Waals surface area contributed by atoms with Crippen LogP contribution in [0.4, 0.5) is 0 Å². The van der Waals surface area contributed by atoms with Gasteiger partial charge in [0.1, 0.15) is 11.5 Å². The molecule has 160 valence electrons. The number of carbonyl (C=O) groups is 1. The second kappa shape index (κ2) is 9.26. The third kappa shape index (κ3) is 4.57. The molecular formula is C25H21N3O4. The highest BCUT2D eigenvalue weighted by Gasteiger charge is 2.19. The molecule has 0 saturated carbocycles. The van der Waals surface area contributed by atoms with E-state index in [-0.39, 0.29) is 11.5 Å². The summed E-state index contributed by atoms with van der Waals surface area (Å²) in [5, 5.41) is 19.9. The Bertz CT molecular complexity index is 1170. The Morgan fingerprint density at radius 3 is 1.84 bits per heavy atom. The summed E-state index contributed by atoms with van der Waals surface area (Å²) in [4.78, 5) is 25.0. The fourth-order valence-electron chi connectivity index (χ4n) is 3.18. The zero-order valence-electron chi connectivity index (χ0n) is 17.3. The van der Waals surface area contributed by atoms with Gasteiger partial charge in [0.25, 0.3) is 0 Å². The molecule has 0 amide bonds. The number of aliphatic carboxylic acids is 1. The summed E-state index contributed by atoms with van der Waals surface area (Å²) in [6.45, 7) is 1.72. The first-order chi connectivity index (χ1) is 15.5. The van der Waals surface area contributed by atoms with Crippen molar-refractivity contribution < 1.29 is 19.7 Å². The molecule has 0 fully saturated rings. The highest BCUT2D eigenvalue weighted by Crippen LogP contribution is 2.33. The van der Waals surface area contributed by atoms with E-state index < -0.39 is 12.1 Å². The summed E-state index contributed by atoms with van der Waals surface area (Å²) < 4.78 is 5.47. The number of rotatable bonds is 7. The molecule has 0 radical (unpaired) electrons. The van der Waals surface area contributed by atoms with Gasteiger partial charge in [-0.05, 0) is 18.6 Å². The van der Waals surface area contributed by atoms with Gasteiger partial charge < -0.3 is 14.9 Å². The van der Waals surface area contributed by atoms with Crippen LogP contribution in [0.3, 0.4) is 0 Å². The molecule has 4 rings (SSSR count). The van der Waals surface area contributed by atoms with E-state index in [0.717, 1.165) is 11.1 Å². The van der Waals surface area contributed by atoms with E-state index in [9.17, 15) is 15.0 Å². The molecular weight excluding hydrogens is 406 g/mol. The van der Waals surface area contributed by atoms with Crippen LogP contribution in [-0.4, -0.2) is 37.2 Å². The predicted octanol–water partition coefficient (Wildman–Crippen LogP) is 4.82. The van der Waals surface area contributed by atoms with Crippen molar-refractivity contribution in [1.29, 1.82) is 0 Å². The smallest absolute Gasteiger partial charge is 0.344 e. The number of nitrogens with zero attached hydrogens (tertiary/aromatic N) is 3. The number of aromatic nitrogens is 3. The number of ether oxygens (including phenoxy) is 1. The van der Waals surface area contributed by atoms with E-state index in [1.54, 1.807) is 19.1 Å². The van der Waals surface area contributed by atoms with Crippen LogP contribution in [0.15, 0.2) is 78.9 Å². The first-order valence-corrected chi connectivity index (χ1v) is 10.1. The van der Waals surface area contributed by atoms with Gasteiger partial charge >= 0.3 is 5.97 Å². The number of hydrogen-bond donors (Lipinski definition) is 2. The van der Waals surface area contributed by atoms with Gasteiger partial charge in [-0.3, -0.25) is 0 Å². The lowest BCUT2D eigenvalue weighted by atomic mass is 10.1. The molecule has 1 heterocycles. The molecule has 1 atom stereocenters. The van der Waals surface area contributed by atoms with E-state index in [0.29, 0.717) is 29.5 Å². The lowest BCUT2D eigenvalue weighted by Gasteiger charge is -2.14. The summed E-state index contributed by atoms with van der Waals surface area (Å²) in [7, 11) is 0. The molecule has 0 bridgehead atoms. The quantitative estimate of drug-likeness (QED) is 0.435. The van der Waals surface area contributed by atoms with Gasteiger partial charge in [-0.15, -0.1) is 0 Å². The first-order valence-electron chi connectivity index (χ1n) is 10.1. The lowest BCUT2D eigenvalue weighted by molar-refractivity contribution is -0.145. The maximum atomic E-state index is 11.2. The number of hydrogen-bond acceptors (Lipinski definition) is 6. The minimum absolute atomic E-state index is 0.119. The van der Waals surface area contributed by atoms with E-state index >= 15 is 0 Å². The van der Waals surface area contributed by atoms with Crippen molar-refractivity contribution in [2.75, 3.05) is 0 Å². The number of phenols is 1. The Labute approximate surface area is 185 Å². The standard InChI is InChI=1S/C25H21N3O4/c1-2-21(25(30)31)32-18-13-14-19(20(29)15-18)24-27-22(16-9-5-3-6-10-16)26-23(28-24)17-11-7-4-8-12-17/h3-15,21,29H,2H2,1H3,(H,30,31). The highest BCUT2D eigenvalue weighted by molar-refractivity contribution is 5.73. The lowest BCUT2D eigenvalue weighted by Crippen LogP contribution is -2.25. The number of carboxylic acid groups (broad SMARTS) is 1. The number of aromatic hydroxyl groups is 1. The van der Waals surface area contributed by atoms with E-state index in [1.807, 2.05) is 60.7 Å². The molecule has 7 heteroatoms. The average Bonchev–Trinajstić information content (AvgIpc) is 2.83. The normalized spacial score (nSPS) is 11.7. The zero-order chi connectivity index (χ0) is 22.5. The summed E-state index contributed by atoms with van der Waals surface area (Å²) in [6.07, 6.45) is -0.696. The van der Waals surface area contributed by atoms with Gasteiger partial charge in [0.15, 0.2) is 23.6 Å². The third-order valence-corrected chi connectivity index (χ3v) is 4.83. The monoisotopic (exact) mass is 427 g/mol. The van der Waals surface area contributed by atoms with Crippen molar-refractivity contribution in [3.63, 3.8) is 0 Å². The molecule has 3 aromatic carbocycles. The van der Waals surface area contributed by atoms with Crippen LogP contribution in [0.2, 0.25) is 0 Å². The van der Waals surface area contributed by atoms with Gasteiger partial charge in [-0.1, -0.05) is 67.6 Å². The molecule has 32 heavy (non-hydrogen) atoms. The Balaban J connectivity index is 1.78. The third-order valence-electron chi connectivity index (χ3n) is 4.83. The Hall–Kier alpha value is -4.26. The van der Waals surface area contributed by atoms with E-state index in [4.69, 9.17) is 4.74 Å². The molecule has 1 aromatic heterocycles. The minimum Gasteiger partial charge on any atom is -0.507 e. The van der Waals surface area contributed by atoms with Gasteiger partial charge in [-0.2, -0.15) is 0 Å². The van der Waals surface area contributed by atoms with Gasteiger partial charge in [-0.25, -0.2) is 19.7 Å². The molecule has 4 aromatic rings. The first kappa shape index (κ1) is 21.0. The number of phenolic OH excluding ortho intramolecular Hbond substituents is 1. The van der Waals surface area contributed by atoms with E-state index in [1.165, 1.54) is 6.07 Å². The minimum atomic E-state index is -1.06. The highest BCUT2D eigenvalue weighted by atomic mass is 16.5. The summed E-state index contributed by atoms with van der Waals surface area (Å²) in [5.74, 6) is 0.325. The summed E-state index contributed by atoms with van der Waals surface area (Å²) in [5.41, 5.74) is 2.03. The summed E-state index contributed by atoms with van der Waals surface area (Å²) in [6, 6.07) is 23.6. The topological polar surface area (TPSA) is 105 Å². The SMILES string of the molecule is CCC(Oc1ccc(-c2nc(-c3ccccc3)nc(-c3ccccc3)n2)c(O)c1)C(=O)O. The molecule has 0 aliphatic rings. The van der Waals surface area contributed by atoms with Crippen LogP contribution in [0.25, 0.3) is 34.2 Å².